The van der Waals surface area contributed by atoms with Crippen LogP contribution >= 0.6 is 23.4 Å². The number of carbonyl (C=O) groups excluding carboxylic acids is 1. The molecule has 0 atom stereocenters. The molecule has 0 bridgehead atoms. The first-order valence-electron chi connectivity index (χ1n) is 4.99. The first kappa shape index (κ1) is 12.4. The third kappa shape index (κ3) is 2.30. The number of hydrogen-bond donors (Lipinski definition) is 0. The summed E-state index contributed by atoms with van der Waals surface area (Å²) in [4.78, 5) is 17.8. The van der Waals surface area contributed by atoms with Crippen LogP contribution in [-0.2, 0) is 0 Å². The number of rotatable bonds is 1. The molecule has 0 aliphatic carbocycles. The van der Waals surface area contributed by atoms with E-state index in [0.717, 1.165) is 0 Å². The van der Waals surface area contributed by atoms with Crippen molar-refractivity contribution in [2.45, 2.75) is 0 Å². The zero-order chi connectivity index (χ0) is 12.4. The van der Waals surface area contributed by atoms with E-state index in [-0.39, 0.29) is 10.6 Å². The van der Waals surface area contributed by atoms with Crippen molar-refractivity contribution in [1.82, 2.24) is 4.90 Å². The minimum Gasteiger partial charge on any atom is -0.285 e. The lowest BCUT2D eigenvalue weighted by Gasteiger charge is -2.17. The second-order valence-corrected chi connectivity index (χ2v) is 4.60. The summed E-state index contributed by atoms with van der Waals surface area (Å²) in [5.74, 6) is -1.03. The van der Waals surface area contributed by atoms with Crippen molar-refractivity contribution >= 4 is 34.4 Å². The summed E-state index contributed by atoms with van der Waals surface area (Å²) >= 11 is 7.22. The maximum atomic E-state index is 13.6. The molecule has 0 saturated heterocycles. The van der Waals surface area contributed by atoms with E-state index in [2.05, 4.69) is 4.99 Å². The van der Waals surface area contributed by atoms with Gasteiger partial charge in [0.15, 0.2) is 5.17 Å². The molecule has 0 N–H and O–H groups in total. The van der Waals surface area contributed by atoms with E-state index < -0.39 is 11.7 Å². The lowest BCUT2D eigenvalue weighted by molar-refractivity contribution is 0.0856. The van der Waals surface area contributed by atoms with Gasteiger partial charge in [-0.1, -0.05) is 29.4 Å². The Labute approximate surface area is 108 Å². The van der Waals surface area contributed by atoms with Gasteiger partial charge in [0.2, 0.25) is 0 Å². The number of thioether (sulfide) groups is 1. The fourth-order valence-electron chi connectivity index (χ4n) is 1.63. The van der Waals surface area contributed by atoms with Crippen molar-refractivity contribution in [1.29, 1.82) is 0 Å². The molecular weight excluding hydrogens is 263 g/mol. The van der Waals surface area contributed by atoms with Crippen molar-refractivity contribution in [2.24, 2.45) is 4.99 Å². The molecule has 90 valence electrons. The molecule has 0 unspecified atom stereocenters. The molecule has 0 fully saturated rings. The highest BCUT2D eigenvalue weighted by Gasteiger charge is 2.27. The SMILES string of the molecule is CSC1=NCCN1C(=O)c1c(F)cccc1Cl. The molecule has 0 aromatic heterocycles. The summed E-state index contributed by atoms with van der Waals surface area (Å²) in [5, 5.41) is 0.733. The van der Waals surface area contributed by atoms with Gasteiger partial charge in [0, 0.05) is 6.54 Å². The fraction of sp³-hybridized carbons (Fsp3) is 0.273. The smallest absolute Gasteiger partial charge is 0.264 e. The van der Waals surface area contributed by atoms with Crippen LogP contribution in [-0.4, -0.2) is 35.3 Å². The second kappa shape index (κ2) is 5.06. The number of benzene rings is 1. The van der Waals surface area contributed by atoms with Crippen molar-refractivity contribution in [3.05, 3.63) is 34.6 Å². The first-order valence-corrected chi connectivity index (χ1v) is 6.59. The van der Waals surface area contributed by atoms with Crippen LogP contribution in [0, 0.1) is 5.82 Å². The molecule has 2 rings (SSSR count). The van der Waals surface area contributed by atoms with Crippen LogP contribution in [0.25, 0.3) is 0 Å². The van der Waals surface area contributed by atoms with E-state index in [9.17, 15) is 9.18 Å². The van der Waals surface area contributed by atoms with Gasteiger partial charge in [-0.15, -0.1) is 0 Å². The predicted molar refractivity (Wildman–Crippen MR) is 68.3 cm³/mol. The van der Waals surface area contributed by atoms with Gasteiger partial charge in [-0.2, -0.15) is 0 Å². The third-order valence-corrected chi connectivity index (χ3v) is 3.44. The number of amides is 1. The minimum absolute atomic E-state index is 0.0854. The maximum absolute atomic E-state index is 13.6. The number of carbonyl (C=O) groups is 1. The highest BCUT2D eigenvalue weighted by Crippen LogP contribution is 2.23. The van der Waals surface area contributed by atoms with Crippen LogP contribution in [0.5, 0.6) is 0 Å². The van der Waals surface area contributed by atoms with Crippen LogP contribution in [0.1, 0.15) is 10.4 Å². The molecule has 1 amide bonds. The van der Waals surface area contributed by atoms with E-state index in [1.165, 1.54) is 34.9 Å². The molecule has 1 aromatic carbocycles. The molecule has 0 spiro atoms. The summed E-state index contributed by atoms with van der Waals surface area (Å²) in [6.45, 7) is 1.02. The van der Waals surface area contributed by atoms with Gasteiger partial charge in [0.25, 0.3) is 5.91 Å². The second-order valence-electron chi connectivity index (χ2n) is 3.42. The van der Waals surface area contributed by atoms with Gasteiger partial charge < -0.3 is 0 Å². The van der Waals surface area contributed by atoms with E-state index in [4.69, 9.17) is 11.6 Å². The first-order chi connectivity index (χ1) is 8.15. The molecule has 6 heteroatoms. The Morgan fingerprint density at radius 1 is 1.59 bits per heavy atom. The molecule has 0 saturated carbocycles. The quantitative estimate of drug-likeness (QED) is 0.787. The molecule has 1 aliphatic rings. The highest BCUT2D eigenvalue weighted by atomic mass is 35.5. The molecule has 1 aromatic rings. The van der Waals surface area contributed by atoms with E-state index in [1.54, 1.807) is 0 Å². The van der Waals surface area contributed by atoms with Crippen molar-refractivity contribution in [3.63, 3.8) is 0 Å². The molecule has 1 heterocycles. The third-order valence-electron chi connectivity index (χ3n) is 2.41. The van der Waals surface area contributed by atoms with Gasteiger partial charge in [0.1, 0.15) is 5.82 Å². The van der Waals surface area contributed by atoms with Crippen molar-refractivity contribution in [2.75, 3.05) is 19.3 Å². The van der Waals surface area contributed by atoms with Gasteiger partial charge >= 0.3 is 0 Å². The lowest BCUT2D eigenvalue weighted by atomic mass is 10.2. The molecule has 1 aliphatic heterocycles. The Hall–Kier alpha value is -1.07. The van der Waals surface area contributed by atoms with Crippen LogP contribution < -0.4 is 0 Å². The molecule has 17 heavy (non-hydrogen) atoms. The topological polar surface area (TPSA) is 32.7 Å². The Kier molecular flexibility index (Phi) is 3.69. The molecular formula is C11H10ClFN2OS. The number of aliphatic imine (C=N–C) groups is 1. The summed E-state index contributed by atoms with van der Waals surface area (Å²) in [7, 11) is 0. The van der Waals surface area contributed by atoms with Crippen molar-refractivity contribution in [3.8, 4) is 0 Å². The summed E-state index contributed by atoms with van der Waals surface area (Å²) in [6.07, 6.45) is 1.83. The van der Waals surface area contributed by atoms with Gasteiger partial charge in [-0.3, -0.25) is 14.7 Å². The van der Waals surface area contributed by atoms with E-state index >= 15 is 0 Å². The van der Waals surface area contributed by atoms with Gasteiger partial charge in [-0.05, 0) is 18.4 Å². The highest BCUT2D eigenvalue weighted by molar-refractivity contribution is 8.13. The number of amidine groups is 1. The summed E-state index contributed by atoms with van der Waals surface area (Å²) in [6, 6.07) is 4.21. The van der Waals surface area contributed by atoms with Crippen LogP contribution in [0.15, 0.2) is 23.2 Å². The van der Waals surface area contributed by atoms with Gasteiger partial charge in [-0.25, -0.2) is 4.39 Å². The average molecular weight is 273 g/mol. The largest absolute Gasteiger partial charge is 0.285 e. The zero-order valence-electron chi connectivity index (χ0n) is 9.11. The Morgan fingerprint density at radius 2 is 2.35 bits per heavy atom. The maximum Gasteiger partial charge on any atom is 0.264 e. The Bertz CT molecular complexity index is 472. The Balaban J connectivity index is 2.35. The standard InChI is InChI=1S/C11H10ClFN2OS/c1-17-11-14-5-6-15(11)10(16)9-7(12)3-2-4-8(9)13/h2-4H,5-6H2,1H3. The Morgan fingerprint density at radius 3 is 3.00 bits per heavy atom. The summed E-state index contributed by atoms with van der Waals surface area (Å²) in [5.41, 5.74) is -0.0854. The zero-order valence-corrected chi connectivity index (χ0v) is 10.7. The lowest BCUT2D eigenvalue weighted by Crippen LogP contribution is -2.33. The van der Waals surface area contributed by atoms with Crippen LogP contribution in [0.4, 0.5) is 4.39 Å². The summed E-state index contributed by atoms with van der Waals surface area (Å²) < 4.78 is 13.6. The fourth-order valence-corrected chi connectivity index (χ4v) is 2.49. The molecule has 3 nitrogen and oxygen atoms in total. The predicted octanol–water partition coefficient (Wildman–Crippen LogP) is 2.65. The number of nitrogens with zero attached hydrogens (tertiary/aromatic N) is 2. The normalized spacial score (nSPS) is 15.0. The van der Waals surface area contributed by atoms with Gasteiger partial charge in [0.05, 0.1) is 17.1 Å². The minimum atomic E-state index is -0.602. The van der Waals surface area contributed by atoms with Crippen molar-refractivity contribution < 1.29 is 9.18 Å². The average Bonchev–Trinajstić information content (AvgIpc) is 2.76. The van der Waals surface area contributed by atoms with Crippen LogP contribution in [0.3, 0.4) is 0 Å². The monoisotopic (exact) mass is 272 g/mol. The van der Waals surface area contributed by atoms with E-state index in [1.807, 2.05) is 6.26 Å². The number of halogens is 2. The van der Waals surface area contributed by atoms with E-state index in [0.29, 0.717) is 18.3 Å². The van der Waals surface area contributed by atoms with Crippen LogP contribution in [0.2, 0.25) is 5.02 Å². The number of hydrogen-bond acceptors (Lipinski definition) is 3. The molecule has 0 radical (unpaired) electrons.